The molecule has 2 aromatic heterocycles. The molecule has 0 aliphatic carbocycles. The van der Waals surface area contributed by atoms with Crippen molar-refractivity contribution in [3.63, 3.8) is 0 Å². The number of carbonyl (C=O) groups excluding carboxylic acids is 1. The van der Waals surface area contributed by atoms with Crippen LogP contribution in [0.25, 0.3) is 22.3 Å². The van der Waals surface area contributed by atoms with E-state index in [-0.39, 0.29) is 11.9 Å². The van der Waals surface area contributed by atoms with E-state index in [1.54, 1.807) is 36.7 Å². The highest BCUT2D eigenvalue weighted by atomic mass is 32.3. The van der Waals surface area contributed by atoms with E-state index in [4.69, 9.17) is 0 Å². The molecule has 1 aliphatic rings. The van der Waals surface area contributed by atoms with Crippen LogP contribution in [0.1, 0.15) is 23.2 Å². The van der Waals surface area contributed by atoms with Crippen molar-refractivity contribution in [1.82, 2.24) is 25.5 Å². The molecule has 9 nitrogen and oxygen atoms in total. The Morgan fingerprint density at radius 3 is 2.79 bits per heavy atom. The van der Waals surface area contributed by atoms with Gasteiger partial charge in [-0.3, -0.25) is 19.0 Å². The molecule has 0 saturated carbocycles. The van der Waals surface area contributed by atoms with Gasteiger partial charge >= 0.3 is 0 Å². The third-order valence-electron chi connectivity index (χ3n) is 5.67. The van der Waals surface area contributed by atoms with Gasteiger partial charge < -0.3 is 10.6 Å². The largest absolute Gasteiger partial charge is 0.349 e. The molecule has 0 spiro atoms. The number of hydrogen-bond acceptors (Lipinski definition) is 7. The number of aromatic amines is 1. The predicted octanol–water partition coefficient (Wildman–Crippen LogP) is 4.41. The molecule has 170 valence electrons. The maximum Gasteiger partial charge on any atom is 0.251 e. The van der Waals surface area contributed by atoms with Crippen LogP contribution in [0.5, 0.6) is 0 Å². The lowest BCUT2D eigenvalue weighted by atomic mass is 10.1. The molecule has 10 heteroatoms. The monoisotopic (exact) mass is 464 g/mol. The second-order valence-electron chi connectivity index (χ2n) is 8.10. The first-order valence-electron chi connectivity index (χ1n) is 10.6. The van der Waals surface area contributed by atoms with Crippen molar-refractivity contribution in [3.05, 3.63) is 66.5 Å². The summed E-state index contributed by atoms with van der Waals surface area (Å²) in [6, 6.07) is 14.8. The van der Waals surface area contributed by atoms with Gasteiger partial charge in [-0.25, -0.2) is 9.97 Å². The molecule has 5 N–H and O–H groups in total. The number of carbonyl (C=O) groups is 1. The summed E-state index contributed by atoms with van der Waals surface area (Å²) in [6.45, 7) is 0. The van der Waals surface area contributed by atoms with E-state index >= 15 is 0 Å². The van der Waals surface area contributed by atoms with Gasteiger partial charge in [-0.05, 0) is 49.2 Å². The molecule has 5 rings (SSSR count). The van der Waals surface area contributed by atoms with Gasteiger partial charge in [0.1, 0.15) is 5.82 Å². The van der Waals surface area contributed by atoms with Gasteiger partial charge in [-0.1, -0.05) is 12.1 Å². The summed E-state index contributed by atoms with van der Waals surface area (Å²) in [4.78, 5) is 21.7. The van der Waals surface area contributed by atoms with Crippen molar-refractivity contribution < 1.29 is 13.9 Å². The number of rotatable bonds is 5. The molecular weight excluding hydrogens is 440 g/mol. The number of benzene rings is 2. The van der Waals surface area contributed by atoms with Crippen LogP contribution in [0.4, 0.5) is 11.5 Å². The molecule has 1 saturated heterocycles. The fourth-order valence-corrected chi connectivity index (χ4v) is 5.38. The highest BCUT2D eigenvalue weighted by Crippen LogP contribution is 2.43. The third-order valence-corrected chi connectivity index (χ3v) is 7.45. The van der Waals surface area contributed by atoms with E-state index in [1.165, 1.54) is 0 Å². The van der Waals surface area contributed by atoms with Crippen LogP contribution < -0.4 is 10.6 Å². The third kappa shape index (κ3) is 4.98. The summed E-state index contributed by atoms with van der Waals surface area (Å²) < 4.78 is 19.5. The summed E-state index contributed by atoms with van der Waals surface area (Å²) in [7, 11) is -2.47. The minimum absolute atomic E-state index is 0.0579. The summed E-state index contributed by atoms with van der Waals surface area (Å²) in [5.74, 6) is 1.62. The summed E-state index contributed by atoms with van der Waals surface area (Å²) >= 11 is 0. The van der Waals surface area contributed by atoms with E-state index in [9.17, 15) is 13.9 Å². The second kappa shape index (κ2) is 8.81. The molecule has 3 heterocycles. The van der Waals surface area contributed by atoms with E-state index < -0.39 is 10.6 Å². The fourth-order valence-electron chi connectivity index (χ4n) is 3.86. The van der Waals surface area contributed by atoms with Gasteiger partial charge in [-0.15, -0.1) is 0 Å². The van der Waals surface area contributed by atoms with Crippen molar-refractivity contribution >= 4 is 38.9 Å². The number of hydrogen-bond donors (Lipinski definition) is 5. The molecule has 2 aromatic carbocycles. The number of H-pyrrole nitrogens is 1. The summed E-state index contributed by atoms with van der Waals surface area (Å²) in [5.41, 5.74) is 3.08. The standard InChI is InChI=1S/C23H24N6O3S/c30-23(27-18-7-10-33(31,32)11-8-18)16-3-1-2-15(12-16)22-24-9-6-21(28-22)26-19-4-5-20-17(13-19)14-25-29-20/h1-6,9,12-14,18,31-32H,7-8,10-11H2,(H,25,29)(H,27,30)(H,24,26,28). The number of nitrogens with zero attached hydrogens (tertiary/aromatic N) is 3. The van der Waals surface area contributed by atoms with Crippen molar-refractivity contribution in [2.45, 2.75) is 18.9 Å². The Morgan fingerprint density at radius 2 is 1.94 bits per heavy atom. The van der Waals surface area contributed by atoms with Crippen LogP contribution in [-0.2, 0) is 0 Å². The van der Waals surface area contributed by atoms with Gasteiger partial charge in [-0.2, -0.15) is 15.7 Å². The maximum absolute atomic E-state index is 12.8. The zero-order valence-electron chi connectivity index (χ0n) is 17.7. The fraction of sp³-hybridized carbons (Fsp3) is 0.217. The quantitative estimate of drug-likeness (QED) is 0.295. The minimum Gasteiger partial charge on any atom is -0.349 e. The Morgan fingerprint density at radius 1 is 1.09 bits per heavy atom. The number of fused-ring (bicyclic) bond motifs is 1. The topological polar surface area (TPSA) is 136 Å². The van der Waals surface area contributed by atoms with Crippen molar-refractivity contribution in [3.8, 4) is 11.4 Å². The first kappa shape index (κ1) is 21.4. The molecule has 33 heavy (non-hydrogen) atoms. The molecule has 1 aliphatic heterocycles. The summed E-state index contributed by atoms with van der Waals surface area (Å²) in [6.07, 6.45) is 4.57. The van der Waals surface area contributed by atoms with Crippen molar-refractivity contribution in [2.24, 2.45) is 0 Å². The van der Waals surface area contributed by atoms with Gasteiger partial charge in [0, 0.05) is 45.9 Å². The number of amides is 1. The normalized spacial score (nSPS) is 16.9. The van der Waals surface area contributed by atoms with Gasteiger partial charge in [0.2, 0.25) is 0 Å². The van der Waals surface area contributed by atoms with E-state index in [0.717, 1.165) is 22.2 Å². The highest BCUT2D eigenvalue weighted by Gasteiger charge is 2.25. The predicted molar refractivity (Wildman–Crippen MR) is 130 cm³/mol. The van der Waals surface area contributed by atoms with Crippen LogP contribution in [0.15, 0.2) is 60.9 Å². The lowest BCUT2D eigenvalue weighted by molar-refractivity contribution is 0.0933. The highest BCUT2D eigenvalue weighted by molar-refractivity contribution is 8.24. The molecule has 0 radical (unpaired) electrons. The molecule has 1 fully saturated rings. The van der Waals surface area contributed by atoms with Crippen LogP contribution in [0.2, 0.25) is 0 Å². The zero-order chi connectivity index (χ0) is 22.8. The average molecular weight is 465 g/mol. The number of aromatic nitrogens is 4. The molecule has 0 bridgehead atoms. The Labute approximate surface area is 192 Å². The van der Waals surface area contributed by atoms with Gasteiger partial charge in [0.05, 0.1) is 11.7 Å². The molecular formula is C23H24N6O3S. The maximum atomic E-state index is 12.8. The molecule has 0 atom stereocenters. The van der Waals surface area contributed by atoms with Gasteiger partial charge in [0.15, 0.2) is 5.82 Å². The average Bonchev–Trinajstić information content (AvgIpc) is 3.29. The smallest absolute Gasteiger partial charge is 0.251 e. The van der Waals surface area contributed by atoms with Crippen LogP contribution >= 0.6 is 10.6 Å². The SMILES string of the molecule is O=C(NC1CCS(O)(O)CC1)c1cccc(-c2nccc(Nc3ccc4[nH]ncc4c3)n2)c1. The first-order chi connectivity index (χ1) is 15.9. The zero-order valence-corrected chi connectivity index (χ0v) is 18.5. The van der Waals surface area contributed by atoms with E-state index in [0.29, 0.717) is 41.6 Å². The number of anilines is 2. The summed E-state index contributed by atoms with van der Waals surface area (Å²) in [5, 5.41) is 14.2. The van der Waals surface area contributed by atoms with Crippen LogP contribution in [-0.4, -0.2) is 52.7 Å². The minimum atomic E-state index is -2.47. The molecule has 1 amide bonds. The van der Waals surface area contributed by atoms with Gasteiger partial charge in [0.25, 0.3) is 5.91 Å². The first-order valence-corrected chi connectivity index (χ1v) is 12.5. The van der Waals surface area contributed by atoms with E-state index in [2.05, 4.69) is 30.8 Å². The van der Waals surface area contributed by atoms with Crippen molar-refractivity contribution in [2.75, 3.05) is 16.8 Å². The Balaban J connectivity index is 1.30. The lowest BCUT2D eigenvalue weighted by Crippen LogP contribution is -2.39. The van der Waals surface area contributed by atoms with E-state index in [1.807, 2.05) is 24.3 Å². The van der Waals surface area contributed by atoms with Crippen LogP contribution in [0.3, 0.4) is 0 Å². The Hall–Kier alpha value is -3.47. The lowest BCUT2D eigenvalue weighted by Gasteiger charge is -2.39. The second-order valence-corrected chi connectivity index (χ2v) is 10.5. The Kier molecular flexibility index (Phi) is 5.71. The molecule has 4 aromatic rings. The molecule has 0 unspecified atom stereocenters. The van der Waals surface area contributed by atoms with Crippen LogP contribution in [0, 0.1) is 0 Å². The Bertz CT molecular complexity index is 1300. The van der Waals surface area contributed by atoms with Crippen molar-refractivity contribution in [1.29, 1.82) is 0 Å². The number of nitrogens with one attached hydrogen (secondary N) is 3.